The summed E-state index contributed by atoms with van der Waals surface area (Å²) in [6.07, 6.45) is 1.75. The molecule has 3 aromatic carbocycles. The fourth-order valence-electron chi connectivity index (χ4n) is 3.47. The molecule has 2 nitrogen and oxygen atoms in total. The first kappa shape index (κ1) is 15.8. The van der Waals surface area contributed by atoms with E-state index in [0.29, 0.717) is 0 Å². The van der Waals surface area contributed by atoms with E-state index >= 15 is 0 Å². The third-order valence-corrected chi connectivity index (χ3v) is 4.98. The lowest BCUT2D eigenvalue weighted by Gasteiger charge is -2.37. The zero-order valence-electron chi connectivity index (χ0n) is 13.5. The Hall–Kier alpha value is -2.75. The van der Waals surface area contributed by atoms with Crippen LogP contribution in [0, 0.1) is 11.6 Å². The van der Waals surface area contributed by atoms with Gasteiger partial charge in [-0.1, -0.05) is 48.5 Å². The quantitative estimate of drug-likeness (QED) is 0.731. The Morgan fingerprint density at radius 2 is 1.60 bits per heavy atom. The maximum absolute atomic E-state index is 13.8. The van der Waals surface area contributed by atoms with Gasteiger partial charge in [0.05, 0.1) is 0 Å². The van der Waals surface area contributed by atoms with Crippen LogP contribution in [-0.4, -0.2) is 11.9 Å². The molecule has 0 aliphatic heterocycles. The number of hydrogen-bond donors (Lipinski definition) is 1. The largest absolute Gasteiger partial charge is 0.349 e. The van der Waals surface area contributed by atoms with Crippen LogP contribution in [-0.2, 0) is 0 Å². The molecule has 0 radical (unpaired) electrons. The second-order valence-corrected chi connectivity index (χ2v) is 6.47. The van der Waals surface area contributed by atoms with Crippen molar-refractivity contribution >= 4 is 16.7 Å². The molecular weight excluding hydrogens is 320 g/mol. The number of fused-ring (bicyclic) bond motifs is 1. The van der Waals surface area contributed by atoms with Crippen molar-refractivity contribution in [1.29, 1.82) is 0 Å². The minimum absolute atomic E-state index is 0.104. The Kier molecular flexibility index (Phi) is 3.96. The number of benzene rings is 3. The fourth-order valence-corrected chi connectivity index (χ4v) is 3.47. The van der Waals surface area contributed by atoms with Crippen LogP contribution in [0.2, 0.25) is 0 Å². The van der Waals surface area contributed by atoms with Gasteiger partial charge in [-0.2, -0.15) is 0 Å². The van der Waals surface area contributed by atoms with Gasteiger partial charge in [0.25, 0.3) is 5.91 Å². The number of nitrogens with one attached hydrogen (secondary N) is 1. The number of rotatable bonds is 3. The van der Waals surface area contributed by atoms with E-state index in [1.54, 1.807) is 0 Å². The lowest BCUT2D eigenvalue weighted by Crippen LogP contribution is -2.45. The number of carbonyl (C=O) groups excluding carboxylic acids is 1. The van der Waals surface area contributed by atoms with Gasteiger partial charge < -0.3 is 5.32 Å². The summed E-state index contributed by atoms with van der Waals surface area (Å²) < 4.78 is 27.5. The first-order valence-electron chi connectivity index (χ1n) is 8.37. The molecule has 2 atom stereocenters. The van der Waals surface area contributed by atoms with Crippen LogP contribution in [0.25, 0.3) is 10.8 Å². The highest BCUT2D eigenvalue weighted by atomic mass is 19.1. The van der Waals surface area contributed by atoms with Gasteiger partial charge in [0.15, 0.2) is 0 Å². The Bertz CT molecular complexity index is 933. The topological polar surface area (TPSA) is 29.1 Å². The predicted molar refractivity (Wildman–Crippen MR) is 93.5 cm³/mol. The molecule has 0 spiro atoms. The summed E-state index contributed by atoms with van der Waals surface area (Å²) in [7, 11) is 0. The number of carbonyl (C=O) groups is 1. The van der Waals surface area contributed by atoms with Crippen molar-refractivity contribution in [3.63, 3.8) is 0 Å². The average molecular weight is 337 g/mol. The van der Waals surface area contributed by atoms with Crippen LogP contribution in [0.5, 0.6) is 0 Å². The molecule has 1 N–H and O–H groups in total. The van der Waals surface area contributed by atoms with E-state index in [1.807, 2.05) is 12.1 Å². The summed E-state index contributed by atoms with van der Waals surface area (Å²) in [6, 6.07) is 17.7. The van der Waals surface area contributed by atoms with E-state index in [9.17, 15) is 13.6 Å². The van der Waals surface area contributed by atoms with E-state index in [4.69, 9.17) is 0 Å². The summed E-state index contributed by atoms with van der Waals surface area (Å²) in [5.41, 5.74) is 0.635. The van der Waals surface area contributed by atoms with E-state index in [1.165, 1.54) is 11.5 Å². The van der Waals surface area contributed by atoms with Crippen molar-refractivity contribution in [2.45, 2.75) is 24.8 Å². The lowest BCUT2D eigenvalue weighted by atomic mass is 9.74. The zero-order chi connectivity index (χ0) is 17.4. The molecule has 1 amide bonds. The summed E-state index contributed by atoms with van der Waals surface area (Å²) in [6.45, 7) is 0. The molecule has 1 saturated carbocycles. The number of hydrogen-bond acceptors (Lipinski definition) is 1. The van der Waals surface area contributed by atoms with Crippen LogP contribution in [0.15, 0.2) is 60.7 Å². The molecule has 1 aliphatic carbocycles. The maximum Gasteiger partial charge on any atom is 0.257 e. The second-order valence-electron chi connectivity index (χ2n) is 6.47. The van der Waals surface area contributed by atoms with Crippen molar-refractivity contribution in [2.24, 2.45) is 0 Å². The second kappa shape index (κ2) is 6.28. The highest BCUT2D eigenvalue weighted by Crippen LogP contribution is 2.38. The molecule has 0 bridgehead atoms. The monoisotopic (exact) mass is 337 g/mol. The summed E-state index contributed by atoms with van der Waals surface area (Å²) in [4.78, 5) is 12.3. The first-order chi connectivity index (χ1) is 12.1. The molecular formula is C21H17F2NO. The van der Waals surface area contributed by atoms with Crippen LogP contribution in [0.3, 0.4) is 0 Å². The zero-order valence-corrected chi connectivity index (χ0v) is 13.5. The van der Waals surface area contributed by atoms with Crippen molar-refractivity contribution in [2.75, 3.05) is 0 Å². The average Bonchev–Trinajstić information content (AvgIpc) is 2.58. The fraction of sp³-hybridized carbons (Fsp3) is 0.190. The predicted octanol–water partition coefficient (Wildman–Crippen LogP) is 4.79. The standard InChI is InChI=1S/C21H17F2NO/c22-17-6-3-7-18(23)20(17)21(25)24-19-11-10-16(19)15-9-8-13-4-1-2-5-14(13)12-15/h1-9,12,16,19H,10-11H2,(H,24,25)/t16-,19-/m1/s1. The van der Waals surface area contributed by atoms with Gasteiger partial charge in [0, 0.05) is 12.0 Å². The van der Waals surface area contributed by atoms with Crippen LogP contribution in [0.1, 0.15) is 34.7 Å². The van der Waals surface area contributed by atoms with Gasteiger partial charge in [-0.25, -0.2) is 8.78 Å². The highest BCUT2D eigenvalue weighted by molar-refractivity contribution is 5.95. The Morgan fingerprint density at radius 1 is 0.880 bits per heavy atom. The Balaban J connectivity index is 1.54. The highest BCUT2D eigenvalue weighted by Gasteiger charge is 2.34. The van der Waals surface area contributed by atoms with Crippen LogP contribution >= 0.6 is 0 Å². The Morgan fingerprint density at radius 3 is 2.28 bits per heavy atom. The maximum atomic E-state index is 13.8. The molecule has 0 aromatic heterocycles. The Labute approximate surface area is 144 Å². The van der Waals surface area contributed by atoms with Gasteiger partial charge in [0.1, 0.15) is 17.2 Å². The molecule has 1 aliphatic rings. The number of amides is 1. The van der Waals surface area contributed by atoms with Gasteiger partial charge >= 0.3 is 0 Å². The van der Waals surface area contributed by atoms with Gasteiger partial charge in [0.2, 0.25) is 0 Å². The normalized spacial score (nSPS) is 19.4. The minimum Gasteiger partial charge on any atom is -0.349 e. The summed E-state index contributed by atoms with van der Waals surface area (Å²) >= 11 is 0. The molecule has 4 rings (SSSR count). The lowest BCUT2D eigenvalue weighted by molar-refractivity contribution is 0.0896. The molecule has 126 valence electrons. The molecule has 0 saturated heterocycles. The molecule has 0 unspecified atom stereocenters. The SMILES string of the molecule is O=C(N[C@@H]1CC[C@@H]1c1ccc2ccccc2c1)c1c(F)cccc1F. The van der Waals surface area contributed by atoms with Crippen LogP contribution < -0.4 is 5.32 Å². The molecule has 4 heteroatoms. The molecule has 1 fully saturated rings. The third kappa shape index (κ3) is 2.88. The van der Waals surface area contributed by atoms with E-state index in [0.717, 1.165) is 35.9 Å². The number of halogens is 2. The molecule has 0 heterocycles. The minimum atomic E-state index is -0.834. The van der Waals surface area contributed by atoms with E-state index in [-0.39, 0.29) is 12.0 Å². The van der Waals surface area contributed by atoms with Gasteiger partial charge in [-0.3, -0.25) is 4.79 Å². The van der Waals surface area contributed by atoms with Gasteiger partial charge in [-0.05, 0) is 41.3 Å². The molecule has 25 heavy (non-hydrogen) atoms. The smallest absolute Gasteiger partial charge is 0.257 e. The van der Waals surface area contributed by atoms with Crippen molar-refractivity contribution in [3.8, 4) is 0 Å². The van der Waals surface area contributed by atoms with Crippen molar-refractivity contribution < 1.29 is 13.6 Å². The van der Waals surface area contributed by atoms with E-state index < -0.39 is 23.1 Å². The van der Waals surface area contributed by atoms with Crippen molar-refractivity contribution in [3.05, 3.63) is 83.4 Å². The van der Waals surface area contributed by atoms with E-state index in [2.05, 4.69) is 35.6 Å². The van der Waals surface area contributed by atoms with Crippen molar-refractivity contribution in [1.82, 2.24) is 5.32 Å². The van der Waals surface area contributed by atoms with Gasteiger partial charge in [-0.15, -0.1) is 0 Å². The van der Waals surface area contributed by atoms with Crippen LogP contribution in [0.4, 0.5) is 8.78 Å². The third-order valence-electron chi connectivity index (χ3n) is 4.98. The first-order valence-corrected chi connectivity index (χ1v) is 8.37. The summed E-state index contributed by atoms with van der Waals surface area (Å²) in [5, 5.41) is 5.11. The summed E-state index contributed by atoms with van der Waals surface area (Å²) in [5.74, 6) is -2.19. The molecule has 3 aromatic rings.